The Kier molecular flexibility index (Phi) is 4.97. The number of benzene rings is 1. The van der Waals surface area contributed by atoms with Gasteiger partial charge in [-0.15, -0.1) is 0 Å². The zero-order valence-electron chi connectivity index (χ0n) is 14.7. The second-order valence-electron chi connectivity index (χ2n) is 6.17. The van der Waals surface area contributed by atoms with E-state index in [0.29, 0.717) is 5.76 Å². The van der Waals surface area contributed by atoms with E-state index in [0.717, 1.165) is 17.5 Å². The molecule has 8 heteroatoms. The van der Waals surface area contributed by atoms with Crippen molar-refractivity contribution in [3.8, 4) is 0 Å². The van der Waals surface area contributed by atoms with Crippen LogP contribution in [0, 0.1) is 26.6 Å². The van der Waals surface area contributed by atoms with E-state index in [9.17, 15) is 12.8 Å². The van der Waals surface area contributed by atoms with Gasteiger partial charge in [0.05, 0.1) is 16.9 Å². The first kappa shape index (κ1) is 18.3. The van der Waals surface area contributed by atoms with E-state index in [2.05, 4.69) is 9.82 Å². The van der Waals surface area contributed by atoms with Crippen LogP contribution < -0.4 is 4.72 Å². The van der Waals surface area contributed by atoms with Gasteiger partial charge >= 0.3 is 0 Å². The monoisotopic (exact) mass is 377 g/mol. The number of hydrogen-bond donors (Lipinski definition) is 1. The summed E-state index contributed by atoms with van der Waals surface area (Å²) in [6.45, 7) is 5.34. The van der Waals surface area contributed by atoms with E-state index in [1.165, 1.54) is 25.3 Å². The van der Waals surface area contributed by atoms with Gasteiger partial charge in [-0.2, -0.15) is 5.10 Å². The third-order valence-electron chi connectivity index (χ3n) is 4.12. The SMILES string of the molecule is Cc1cc(C)n(C(CNS(=O)(=O)c2ccc(F)c(C)c2)c2ccco2)n1. The molecule has 3 rings (SSSR count). The fourth-order valence-electron chi connectivity index (χ4n) is 2.81. The molecular formula is C18H20FN3O3S. The summed E-state index contributed by atoms with van der Waals surface area (Å²) in [6.07, 6.45) is 1.53. The van der Waals surface area contributed by atoms with Gasteiger partial charge in [-0.05, 0) is 62.7 Å². The van der Waals surface area contributed by atoms with Crippen LogP contribution >= 0.6 is 0 Å². The van der Waals surface area contributed by atoms with Gasteiger partial charge in [0.1, 0.15) is 17.6 Å². The highest BCUT2D eigenvalue weighted by atomic mass is 32.2. The molecule has 0 saturated carbocycles. The number of aryl methyl sites for hydroxylation is 3. The maximum Gasteiger partial charge on any atom is 0.240 e. The van der Waals surface area contributed by atoms with E-state index >= 15 is 0 Å². The van der Waals surface area contributed by atoms with E-state index < -0.39 is 21.9 Å². The third kappa shape index (κ3) is 3.71. The molecule has 0 radical (unpaired) electrons. The molecule has 1 aromatic carbocycles. The molecule has 0 aliphatic rings. The van der Waals surface area contributed by atoms with Crippen LogP contribution in [0.2, 0.25) is 0 Å². The molecular weight excluding hydrogens is 357 g/mol. The van der Waals surface area contributed by atoms with Crippen molar-refractivity contribution in [1.82, 2.24) is 14.5 Å². The van der Waals surface area contributed by atoms with Crippen molar-refractivity contribution in [2.45, 2.75) is 31.7 Å². The summed E-state index contributed by atoms with van der Waals surface area (Å²) >= 11 is 0. The van der Waals surface area contributed by atoms with Crippen LogP contribution in [-0.2, 0) is 10.0 Å². The van der Waals surface area contributed by atoms with Crippen LogP contribution in [0.3, 0.4) is 0 Å². The Balaban J connectivity index is 1.88. The number of hydrogen-bond acceptors (Lipinski definition) is 4. The van der Waals surface area contributed by atoms with Crippen molar-refractivity contribution in [2.75, 3.05) is 6.54 Å². The minimum absolute atomic E-state index is 0.0166. The van der Waals surface area contributed by atoms with Crippen molar-refractivity contribution < 1.29 is 17.2 Å². The molecule has 138 valence electrons. The Morgan fingerprint density at radius 3 is 2.58 bits per heavy atom. The van der Waals surface area contributed by atoms with Gasteiger partial charge in [0.2, 0.25) is 10.0 Å². The average Bonchev–Trinajstić information content (AvgIpc) is 3.20. The van der Waals surface area contributed by atoms with E-state index in [-0.39, 0.29) is 17.0 Å². The van der Waals surface area contributed by atoms with E-state index in [4.69, 9.17) is 4.42 Å². The smallest absolute Gasteiger partial charge is 0.240 e. The summed E-state index contributed by atoms with van der Waals surface area (Å²) < 4.78 is 48.4. The standard InChI is InChI=1S/C18H20FN3O3S/c1-12-9-15(6-7-16(12)19)26(23,24)20-11-17(18-5-4-8-25-18)22-14(3)10-13(2)21-22/h4-10,17,20H,11H2,1-3H3. The number of halogens is 1. The van der Waals surface area contributed by atoms with Crippen LogP contribution in [0.4, 0.5) is 4.39 Å². The molecule has 26 heavy (non-hydrogen) atoms. The van der Waals surface area contributed by atoms with Gasteiger partial charge in [0.25, 0.3) is 0 Å². The molecule has 3 aromatic rings. The zero-order valence-corrected chi connectivity index (χ0v) is 15.5. The summed E-state index contributed by atoms with van der Waals surface area (Å²) in [5, 5.41) is 4.44. The number of nitrogens with zero attached hydrogens (tertiary/aromatic N) is 2. The van der Waals surface area contributed by atoms with Gasteiger partial charge in [0.15, 0.2) is 0 Å². The summed E-state index contributed by atoms with van der Waals surface area (Å²) in [4.78, 5) is 0.0166. The predicted octanol–water partition coefficient (Wildman–Crippen LogP) is 3.11. The highest BCUT2D eigenvalue weighted by molar-refractivity contribution is 7.89. The molecule has 0 amide bonds. The van der Waals surface area contributed by atoms with Crippen LogP contribution in [0.5, 0.6) is 0 Å². The molecule has 0 bridgehead atoms. The quantitative estimate of drug-likeness (QED) is 0.716. The topological polar surface area (TPSA) is 77.1 Å². The Bertz CT molecular complexity index is 1010. The first-order valence-electron chi connectivity index (χ1n) is 8.10. The minimum Gasteiger partial charge on any atom is -0.467 e. The Morgan fingerprint density at radius 1 is 1.23 bits per heavy atom. The molecule has 0 spiro atoms. The predicted molar refractivity (Wildman–Crippen MR) is 94.9 cm³/mol. The normalized spacial score (nSPS) is 13.1. The van der Waals surface area contributed by atoms with Crippen molar-refractivity contribution in [2.24, 2.45) is 0 Å². The van der Waals surface area contributed by atoms with Crippen molar-refractivity contribution in [3.05, 3.63) is 71.2 Å². The number of nitrogens with one attached hydrogen (secondary N) is 1. The van der Waals surface area contributed by atoms with Gasteiger partial charge in [0, 0.05) is 12.2 Å². The zero-order chi connectivity index (χ0) is 18.9. The van der Waals surface area contributed by atoms with Crippen molar-refractivity contribution in [1.29, 1.82) is 0 Å². The molecule has 6 nitrogen and oxygen atoms in total. The summed E-state index contributed by atoms with van der Waals surface area (Å²) in [6, 6.07) is 8.69. The lowest BCUT2D eigenvalue weighted by Crippen LogP contribution is -2.32. The van der Waals surface area contributed by atoms with E-state index in [1.807, 2.05) is 19.9 Å². The van der Waals surface area contributed by atoms with Gasteiger partial charge in [-0.25, -0.2) is 17.5 Å². The lowest BCUT2D eigenvalue weighted by atomic mass is 10.2. The van der Waals surface area contributed by atoms with Crippen molar-refractivity contribution in [3.63, 3.8) is 0 Å². The fourth-order valence-corrected chi connectivity index (χ4v) is 3.93. The Hall–Kier alpha value is -2.45. The second kappa shape index (κ2) is 7.05. The van der Waals surface area contributed by atoms with Gasteiger partial charge < -0.3 is 4.42 Å². The van der Waals surface area contributed by atoms with Crippen LogP contribution in [-0.4, -0.2) is 24.7 Å². The molecule has 0 fully saturated rings. The highest BCUT2D eigenvalue weighted by Gasteiger charge is 2.23. The van der Waals surface area contributed by atoms with Gasteiger partial charge in [-0.3, -0.25) is 4.68 Å². The third-order valence-corrected chi connectivity index (χ3v) is 5.54. The molecule has 2 heterocycles. The Labute approximate surface area is 151 Å². The lowest BCUT2D eigenvalue weighted by molar-refractivity contribution is 0.397. The molecule has 1 atom stereocenters. The molecule has 1 unspecified atom stereocenters. The van der Waals surface area contributed by atoms with Crippen molar-refractivity contribution >= 4 is 10.0 Å². The van der Waals surface area contributed by atoms with Gasteiger partial charge in [-0.1, -0.05) is 0 Å². The van der Waals surface area contributed by atoms with Crippen LogP contribution in [0.25, 0.3) is 0 Å². The molecule has 0 aliphatic carbocycles. The average molecular weight is 377 g/mol. The van der Waals surface area contributed by atoms with Crippen LogP contribution in [0.15, 0.2) is 52.0 Å². The summed E-state index contributed by atoms with van der Waals surface area (Å²) in [7, 11) is -3.80. The number of furan rings is 1. The second-order valence-corrected chi connectivity index (χ2v) is 7.93. The van der Waals surface area contributed by atoms with E-state index in [1.54, 1.807) is 16.8 Å². The molecule has 1 N–H and O–H groups in total. The maximum atomic E-state index is 13.4. The summed E-state index contributed by atoms with van der Waals surface area (Å²) in [5.41, 5.74) is 1.99. The first-order chi connectivity index (χ1) is 12.3. The van der Waals surface area contributed by atoms with Crippen LogP contribution in [0.1, 0.15) is 28.8 Å². The fraction of sp³-hybridized carbons (Fsp3) is 0.278. The maximum absolute atomic E-state index is 13.4. The highest BCUT2D eigenvalue weighted by Crippen LogP contribution is 2.21. The summed E-state index contributed by atoms with van der Waals surface area (Å²) in [5.74, 6) is 0.147. The Morgan fingerprint density at radius 2 is 2.00 bits per heavy atom. The molecule has 0 aliphatic heterocycles. The largest absolute Gasteiger partial charge is 0.467 e. The molecule has 2 aromatic heterocycles. The number of aromatic nitrogens is 2. The molecule has 0 saturated heterocycles. The lowest BCUT2D eigenvalue weighted by Gasteiger charge is -2.18. The number of rotatable bonds is 6. The number of sulfonamides is 1. The minimum atomic E-state index is -3.80. The first-order valence-corrected chi connectivity index (χ1v) is 9.58.